The van der Waals surface area contributed by atoms with E-state index < -0.39 is 293 Å². The van der Waals surface area contributed by atoms with Crippen LogP contribution in [0.4, 0.5) is 17.1 Å². The average molecular weight is 725 g/mol. The van der Waals surface area contributed by atoms with Crippen molar-refractivity contribution in [3.8, 4) is 27.9 Å². The van der Waals surface area contributed by atoms with Crippen molar-refractivity contribution < 1.29 is 52.7 Å². The van der Waals surface area contributed by atoms with Crippen LogP contribution in [-0.4, -0.2) is 4.57 Å². The van der Waals surface area contributed by atoms with Gasteiger partial charge in [-0.15, -0.1) is 0 Å². The van der Waals surface area contributed by atoms with E-state index in [1.807, 2.05) is 0 Å². The van der Waals surface area contributed by atoms with E-state index >= 15 is 0 Å². The van der Waals surface area contributed by atoms with Gasteiger partial charge in [0.1, 0.15) is 11.2 Å². The Morgan fingerprint density at radius 1 is 0.426 bits per heavy atom. The lowest BCUT2D eigenvalue weighted by molar-refractivity contribution is 0.645. The number of benzene rings is 8. The fraction of sp³-hybridized carbons (Fsp3) is 0. The molecule has 3 heterocycles. The van der Waals surface area contributed by atoms with Crippen molar-refractivity contribution in [1.29, 1.82) is 0 Å². The highest BCUT2D eigenvalue weighted by Crippen LogP contribution is 2.45. The number of hydrogen-bond donors (Lipinski definition) is 0. The van der Waals surface area contributed by atoms with Crippen molar-refractivity contribution in [3.63, 3.8) is 0 Å². The van der Waals surface area contributed by atoms with Crippen LogP contribution in [-0.2, 0) is 0 Å². The zero-order chi connectivity index (χ0) is 63.4. The van der Waals surface area contributed by atoms with Gasteiger partial charge in [-0.1, -0.05) is 133 Å². The van der Waals surface area contributed by atoms with Crippen molar-refractivity contribution in [2.45, 2.75) is 0 Å². The predicted octanol–water partition coefficient (Wildman–Crippen LogP) is 14.2. The highest BCUT2D eigenvalue weighted by Gasteiger charge is 2.23. The van der Waals surface area contributed by atoms with Crippen LogP contribution in [0.1, 0.15) is 43.9 Å². The molecule has 0 fully saturated rings. The molecule has 0 unspecified atom stereocenters. The second kappa shape index (κ2) is 12.1. The molecular formula is C50H32N2O2. The maximum atomic E-state index is 9.86. The Labute approximate surface area is 356 Å². The first-order chi connectivity index (χ1) is 40.1. The van der Waals surface area contributed by atoms with Gasteiger partial charge in [0.25, 0.3) is 0 Å². The molecule has 0 aliphatic heterocycles. The Morgan fingerprint density at radius 3 is 1.80 bits per heavy atom. The van der Waals surface area contributed by atoms with Crippen molar-refractivity contribution >= 4 is 72.0 Å². The molecule has 0 aliphatic carbocycles. The molecule has 0 radical (unpaired) electrons. The first kappa shape index (κ1) is 12.4. The van der Waals surface area contributed by atoms with E-state index in [1.54, 1.807) is 0 Å². The Kier molecular flexibility index (Phi) is 2.79. The zero-order valence-corrected chi connectivity index (χ0v) is 26.7. The van der Waals surface area contributed by atoms with E-state index in [-0.39, 0.29) is 0 Å². The van der Waals surface area contributed by atoms with E-state index in [0.29, 0.717) is 4.90 Å². The molecule has 3 aromatic heterocycles. The number of nitrogens with zero attached hydrogens (tertiary/aromatic N) is 2. The van der Waals surface area contributed by atoms with E-state index in [0.717, 1.165) is 4.57 Å². The number of fused-ring (bicyclic) bond motifs is 8. The summed E-state index contributed by atoms with van der Waals surface area (Å²) in [5, 5.41) is -2.88. The SMILES string of the molecule is [2H]c1c([2H])c([2H])c(-c2c([2H])c([2H])c(N(c3c([2H])c([2H])c(-c4c([2H])c([2H])c([2H])c5oc6c(c45)c4c([2H])c([2H])c([2H])c([2H])c4n6-c4c([2H])c([2H])c([2H])c([2H])c4[2H])c([2H])c3[2H])c3c([2H])c([2H])c([2H])c4c3oc3c([2H])c([2H])c([2H])c([2H])c34)c([2H])c2[2H])c([2H])c1[2H]. The Hall–Kier alpha value is -7.30. The van der Waals surface area contributed by atoms with E-state index in [2.05, 4.69) is 0 Å². The molecule has 0 aliphatic rings. The lowest BCUT2D eigenvalue weighted by Crippen LogP contribution is -2.10. The number of para-hydroxylation sites is 4. The van der Waals surface area contributed by atoms with Gasteiger partial charge < -0.3 is 13.7 Å². The average Bonchev–Trinajstić information content (AvgIpc) is 1.47. The van der Waals surface area contributed by atoms with Crippen molar-refractivity contribution in [2.24, 2.45) is 0 Å². The summed E-state index contributed by atoms with van der Waals surface area (Å²) >= 11 is 0. The van der Waals surface area contributed by atoms with Gasteiger partial charge in [0.15, 0.2) is 5.58 Å². The zero-order valence-electron chi connectivity index (χ0n) is 58.7. The molecule has 0 saturated carbocycles. The van der Waals surface area contributed by atoms with Gasteiger partial charge in [-0.2, -0.15) is 0 Å². The number of anilines is 3. The topological polar surface area (TPSA) is 34.5 Å². The van der Waals surface area contributed by atoms with Gasteiger partial charge in [0, 0.05) is 38.6 Å². The summed E-state index contributed by atoms with van der Waals surface area (Å²) in [6.07, 6.45) is 0. The summed E-state index contributed by atoms with van der Waals surface area (Å²) in [6.45, 7) is 0. The first-order valence-corrected chi connectivity index (χ1v) is 15.7. The van der Waals surface area contributed by atoms with E-state index in [1.165, 1.54) is 0 Å². The molecule has 0 N–H and O–H groups in total. The van der Waals surface area contributed by atoms with Crippen LogP contribution in [0.2, 0.25) is 0 Å². The van der Waals surface area contributed by atoms with E-state index in [9.17, 15) is 15.1 Å². The fourth-order valence-electron chi connectivity index (χ4n) is 6.13. The molecule has 0 amide bonds. The van der Waals surface area contributed by atoms with Crippen molar-refractivity contribution in [1.82, 2.24) is 4.57 Å². The summed E-state index contributed by atoms with van der Waals surface area (Å²) in [6, 6.07) is -32.4. The number of hydrogen-bond acceptors (Lipinski definition) is 3. The fourth-order valence-corrected chi connectivity index (χ4v) is 6.13. The molecule has 8 aromatic carbocycles. The minimum absolute atomic E-state index is 0.387. The summed E-state index contributed by atoms with van der Waals surface area (Å²) in [7, 11) is 0. The van der Waals surface area contributed by atoms with Gasteiger partial charge in [0.2, 0.25) is 5.71 Å². The minimum atomic E-state index is -1.31. The molecule has 11 aromatic rings. The highest BCUT2D eigenvalue weighted by atomic mass is 16.3. The molecule has 4 nitrogen and oxygen atoms in total. The van der Waals surface area contributed by atoms with Gasteiger partial charge >= 0.3 is 0 Å². The minimum Gasteiger partial charge on any atom is -0.454 e. The maximum Gasteiger partial charge on any atom is 0.213 e. The number of rotatable bonds is 6. The molecule has 0 spiro atoms. The highest BCUT2D eigenvalue weighted by molar-refractivity contribution is 6.23. The monoisotopic (exact) mass is 724 g/mol. The lowest BCUT2D eigenvalue weighted by atomic mass is 9.98. The van der Waals surface area contributed by atoms with Gasteiger partial charge in [-0.3, -0.25) is 4.57 Å². The number of furan rings is 2. The molecular weight excluding hydrogens is 661 g/mol. The second-order valence-corrected chi connectivity index (χ2v) is 11.3. The molecule has 0 atom stereocenters. The predicted molar refractivity (Wildman–Crippen MR) is 223 cm³/mol. The Balaban J connectivity index is 1.33. The van der Waals surface area contributed by atoms with Crippen LogP contribution in [0, 0.1) is 0 Å². The third-order valence-corrected chi connectivity index (χ3v) is 8.37. The van der Waals surface area contributed by atoms with Crippen LogP contribution in [0.3, 0.4) is 0 Å². The molecule has 11 rings (SSSR count). The van der Waals surface area contributed by atoms with Crippen LogP contribution in [0.15, 0.2) is 202 Å². The van der Waals surface area contributed by atoms with Crippen LogP contribution < -0.4 is 4.90 Å². The lowest BCUT2D eigenvalue weighted by Gasteiger charge is -2.26. The largest absolute Gasteiger partial charge is 0.454 e. The van der Waals surface area contributed by atoms with Gasteiger partial charge in [-0.05, 0) is 82.7 Å². The summed E-state index contributed by atoms with van der Waals surface area (Å²) < 4.78 is 300. The second-order valence-electron chi connectivity index (χ2n) is 11.3. The summed E-state index contributed by atoms with van der Waals surface area (Å²) in [4.78, 5) is 0.387. The van der Waals surface area contributed by atoms with Crippen LogP contribution in [0.5, 0.6) is 0 Å². The quantitative estimate of drug-likeness (QED) is 0.171. The standard InChI is InChI=1S/C50H32N2O2/c1-3-13-33(14-4-1)34-25-29-37(30-26-34)51(44-22-11-20-41-40-17-8-10-23-45(40)53-49(41)44)38-31-27-35(28-32-38)39-19-12-24-46-47(39)48-42-18-7-9-21-43(42)52(50(48)54-46)36-15-5-2-6-16-36/h1-32H/i1D,2D,3D,4D,5D,6D,7D,8D,9D,10D,11D,12D,13D,14D,15D,16D,17D,18D,19D,20D,21D,22D,23D,24D,25D,26D,27D,28D,29D,30D,31D,32D. The normalized spacial score (nSPS) is 20.0. The third-order valence-electron chi connectivity index (χ3n) is 8.37. The molecule has 254 valence electrons. The van der Waals surface area contributed by atoms with Crippen LogP contribution in [0.25, 0.3) is 82.9 Å². The van der Waals surface area contributed by atoms with Gasteiger partial charge in [-0.25, -0.2) is 0 Å². The van der Waals surface area contributed by atoms with Crippen molar-refractivity contribution in [2.75, 3.05) is 4.90 Å². The molecule has 4 heteroatoms. The molecule has 54 heavy (non-hydrogen) atoms. The number of aromatic nitrogens is 1. The summed E-state index contributed by atoms with van der Waals surface area (Å²) in [5.41, 5.74) is -11.1. The van der Waals surface area contributed by atoms with Crippen molar-refractivity contribution in [3.05, 3.63) is 193 Å². The van der Waals surface area contributed by atoms with Gasteiger partial charge in [0.05, 0.1) is 60.5 Å². The Morgan fingerprint density at radius 2 is 1.02 bits per heavy atom. The summed E-state index contributed by atoms with van der Waals surface area (Å²) in [5.74, 6) is 0. The van der Waals surface area contributed by atoms with Crippen LogP contribution >= 0.6 is 0 Å². The molecule has 0 bridgehead atoms. The Bertz CT molecular complexity index is 4930. The van der Waals surface area contributed by atoms with E-state index in [4.69, 9.17) is 37.6 Å². The first-order valence-electron chi connectivity index (χ1n) is 31.7. The molecule has 0 saturated heterocycles. The maximum absolute atomic E-state index is 9.86. The smallest absolute Gasteiger partial charge is 0.213 e. The third kappa shape index (κ3) is 4.70.